The van der Waals surface area contributed by atoms with Crippen molar-refractivity contribution in [3.8, 4) is 16.9 Å². The van der Waals surface area contributed by atoms with Gasteiger partial charge >= 0.3 is 0 Å². The Labute approximate surface area is 205 Å². The van der Waals surface area contributed by atoms with Crippen LogP contribution in [0.2, 0.25) is 0 Å². The maximum Gasteiger partial charge on any atom is 0.118 e. The summed E-state index contributed by atoms with van der Waals surface area (Å²) < 4.78 is 5.40. The molecule has 6 rings (SSSR count). The van der Waals surface area contributed by atoms with Crippen LogP contribution in [0, 0.1) is 6.92 Å². The molecule has 1 fully saturated rings. The molecule has 0 spiro atoms. The second kappa shape index (κ2) is 9.04. The number of aromatic amines is 2. The first-order chi connectivity index (χ1) is 17.2. The molecule has 2 aromatic heterocycles. The number of fused-ring (bicyclic) bond motifs is 1. The molecule has 0 amide bonds. The average Bonchev–Trinajstić information content (AvgIpc) is 3.62. The average molecular weight is 464 g/mol. The molecule has 0 bridgehead atoms. The molecule has 6 nitrogen and oxygen atoms in total. The Bertz CT molecular complexity index is 1440. The molecule has 0 saturated carbocycles. The largest absolute Gasteiger partial charge is 0.497 e. The molecular weight excluding hydrogens is 434 g/mol. The van der Waals surface area contributed by atoms with E-state index in [9.17, 15) is 0 Å². The van der Waals surface area contributed by atoms with Crippen LogP contribution >= 0.6 is 0 Å². The molecule has 0 radical (unpaired) electrons. The minimum atomic E-state index is 0.276. The Morgan fingerprint density at radius 1 is 0.971 bits per heavy atom. The first-order valence-corrected chi connectivity index (χ1v) is 12.1. The van der Waals surface area contributed by atoms with Gasteiger partial charge in [0.1, 0.15) is 11.6 Å². The SMILES string of the molecule is COc1ccc([C@H]2CN(Cc3ccccc3)C[C@@H]2c2nc3ccc(-c4cn[nH]c4C)cc3[nH]2)cc1. The van der Waals surface area contributed by atoms with Gasteiger partial charge in [-0.1, -0.05) is 48.5 Å². The number of nitrogens with zero attached hydrogens (tertiary/aromatic N) is 3. The zero-order valence-electron chi connectivity index (χ0n) is 20.0. The first-order valence-electron chi connectivity index (χ1n) is 12.1. The topological polar surface area (TPSA) is 69.8 Å². The monoisotopic (exact) mass is 463 g/mol. The van der Waals surface area contributed by atoms with Gasteiger partial charge in [0.2, 0.25) is 0 Å². The molecule has 2 N–H and O–H groups in total. The molecular formula is C29H29N5O. The Kier molecular flexibility index (Phi) is 5.58. The highest BCUT2D eigenvalue weighted by Crippen LogP contribution is 2.40. The highest BCUT2D eigenvalue weighted by molar-refractivity contribution is 5.82. The Hall–Kier alpha value is -3.90. The maximum absolute atomic E-state index is 5.40. The summed E-state index contributed by atoms with van der Waals surface area (Å²) in [6, 6.07) is 25.6. The van der Waals surface area contributed by atoms with Crippen LogP contribution in [0.25, 0.3) is 22.2 Å². The fourth-order valence-electron chi connectivity index (χ4n) is 5.34. The summed E-state index contributed by atoms with van der Waals surface area (Å²) in [5.41, 5.74) is 8.05. The summed E-state index contributed by atoms with van der Waals surface area (Å²) in [7, 11) is 1.71. The third-order valence-electron chi connectivity index (χ3n) is 7.18. The summed E-state index contributed by atoms with van der Waals surface area (Å²) >= 11 is 0. The molecule has 1 aliphatic rings. The highest BCUT2D eigenvalue weighted by Gasteiger charge is 2.36. The van der Waals surface area contributed by atoms with E-state index in [0.717, 1.165) is 59.1 Å². The third kappa shape index (κ3) is 4.21. The van der Waals surface area contributed by atoms with E-state index in [1.165, 1.54) is 11.1 Å². The van der Waals surface area contributed by atoms with Gasteiger partial charge in [0.05, 0.1) is 24.3 Å². The van der Waals surface area contributed by atoms with E-state index >= 15 is 0 Å². The number of aryl methyl sites for hydroxylation is 1. The summed E-state index contributed by atoms with van der Waals surface area (Å²) in [5, 5.41) is 7.21. The van der Waals surface area contributed by atoms with Gasteiger partial charge in [0.15, 0.2) is 0 Å². The predicted molar refractivity (Wildman–Crippen MR) is 139 cm³/mol. The van der Waals surface area contributed by atoms with Gasteiger partial charge in [0.25, 0.3) is 0 Å². The van der Waals surface area contributed by atoms with Crippen LogP contribution in [-0.4, -0.2) is 45.3 Å². The molecule has 1 aliphatic heterocycles. The Balaban J connectivity index is 1.34. The number of aromatic nitrogens is 4. The summed E-state index contributed by atoms with van der Waals surface area (Å²) in [6.07, 6.45) is 1.88. The lowest BCUT2D eigenvalue weighted by Crippen LogP contribution is -2.20. The molecule has 176 valence electrons. The van der Waals surface area contributed by atoms with Gasteiger partial charge in [-0.3, -0.25) is 10.00 Å². The van der Waals surface area contributed by atoms with Gasteiger partial charge in [-0.15, -0.1) is 0 Å². The molecule has 0 unspecified atom stereocenters. The number of rotatable bonds is 6. The van der Waals surface area contributed by atoms with Gasteiger partial charge in [0, 0.05) is 42.7 Å². The standard InChI is InChI=1S/C29H29N5O/c1-19-24(15-30-33-19)22-10-13-27-28(14-22)32-29(31-27)26-18-34(16-20-6-4-3-5-7-20)17-25(26)21-8-11-23(35-2)12-9-21/h3-15,25-26H,16-18H2,1-2H3,(H,30,33)(H,31,32)/t25-,26+/m1/s1. The quantitative estimate of drug-likeness (QED) is 0.341. The van der Waals surface area contributed by atoms with Crippen LogP contribution < -0.4 is 4.74 Å². The fourth-order valence-corrected chi connectivity index (χ4v) is 5.34. The molecule has 2 atom stereocenters. The lowest BCUT2D eigenvalue weighted by molar-refractivity contribution is 0.323. The van der Waals surface area contributed by atoms with Crippen LogP contribution in [0.5, 0.6) is 5.75 Å². The van der Waals surface area contributed by atoms with Crippen LogP contribution in [0.1, 0.15) is 34.5 Å². The number of imidazole rings is 1. The Morgan fingerprint density at radius 2 is 1.77 bits per heavy atom. The fraction of sp³-hybridized carbons (Fsp3) is 0.241. The van der Waals surface area contributed by atoms with Gasteiger partial charge in [-0.05, 0) is 47.9 Å². The van der Waals surface area contributed by atoms with E-state index in [2.05, 4.69) is 92.9 Å². The Morgan fingerprint density at radius 3 is 2.51 bits per heavy atom. The molecule has 1 saturated heterocycles. The molecule has 0 aliphatic carbocycles. The van der Waals surface area contributed by atoms with E-state index in [-0.39, 0.29) is 5.92 Å². The van der Waals surface area contributed by atoms with Crippen molar-refractivity contribution in [2.24, 2.45) is 0 Å². The third-order valence-corrected chi connectivity index (χ3v) is 7.18. The van der Waals surface area contributed by atoms with Crippen LogP contribution in [0.4, 0.5) is 0 Å². The number of ether oxygens (including phenoxy) is 1. The number of likely N-dealkylation sites (tertiary alicyclic amines) is 1. The van der Waals surface area contributed by atoms with Crippen LogP contribution in [0.15, 0.2) is 79.0 Å². The van der Waals surface area contributed by atoms with E-state index in [1.54, 1.807) is 7.11 Å². The molecule has 5 aromatic rings. The summed E-state index contributed by atoms with van der Waals surface area (Å²) in [5.74, 6) is 2.56. The minimum absolute atomic E-state index is 0.276. The minimum Gasteiger partial charge on any atom is -0.497 e. The van der Waals surface area contributed by atoms with Crippen molar-refractivity contribution in [2.75, 3.05) is 20.2 Å². The normalized spacial score (nSPS) is 18.3. The second-order valence-corrected chi connectivity index (χ2v) is 9.43. The first kappa shape index (κ1) is 21.6. The van der Waals surface area contributed by atoms with E-state index < -0.39 is 0 Å². The van der Waals surface area contributed by atoms with Crippen molar-refractivity contribution in [1.29, 1.82) is 0 Å². The van der Waals surface area contributed by atoms with Gasteiger partial charge < -0.3 is 9.72 Å². The summed E-state index contributed by atoms with van der Waals surface area (Å²) in [4.78, 5) is 11.3. The van der Waals surface area contributed by atoms with Crippen molar-refractivity contribution in [3.05, 3.63) is 102 Å². The second-order valence-electron chi connectivity index (χ2n) is 9.43. The van der Waals surface area contributed by atoms with Crippen molar-refractivity contribution >= 4 is 11.0 Å². The molecule has 3 heterocycles. The van der Waals surface area contributed by atoms with Crippen LogP contribution in [0.3, 0.4) is 0 Å². The smallest absolute Gasteiger partial charge is 0.118 e. The predicted octanol–water partition coefficient (Wildman–Crippen LogP) is 5.65. The lowest BCUT2D eigenvalue weighted by atomic mass is 9.88. The number of hydrogen-bond donors (Lipinski definition) is 2. The molecule has 35 heavy (non-hydrogen) atoms. The molecule has 3 aromatic carbocycles. The number of nitrogens with one attached hydrogen (secondary N) is 2. The number of benzene rings is 3. The number of methoxy groups -OCH3 is 1. The van der Waals surface area contributed by atoms with Crippen molar-refractivity contribution in [2.45, 2.75) is 25.3 Å². The molecule has 6 heteroatoms. The highest BCUT2D eigenvalue weighted by atomic mass is 16.5. The van der Waals surface area contributed by atoms with Crippen molar-refractivity contribution < 1.29 is 4.74 Å². The van der Waals surface area contributed by atoms with Crippen molar-refractivity contribution in [3.63, 3.8) is 0 Å². The van der Waals surface area contributed by atoms with E-state index in [1.807, 2.05) is 13.1 Å². The van der Waals surface area contributed by atoms with E-state index in [0.29, 0.717) is 5.92 Å². The number of hydrogen-bond acceptors (Lipinski definition) is 4. The maximum atomic E-state index is 5.40. The zero-order valence-corrected chi connectivity index (χ0v) is 20.0. The van der Waals surface area contributed by atoms with Gasteiger partial charge in [-0.25, -0.2) is 4.98 Å². The zero-order chi connectivity index (χ0) is 23.8. The van der Waals surface area contributed by atoms with Crippen molar-refractivity contribution in [1.82, 2.24) is 25.1 Å². The van der Waals surface area contributed by atoms with E-state index in [4.69, 9.17) is 9.72 Å². The van der Waals surface area contributed by atoms with Gasteiger partial charge in [-0.2, -0.15) is 5.10 Å². The summed E-state index contributed by atoms with van der Waals surface area (Å²) in [6.45, 7) is 4.93. The number of H-pyrrole nitrogens is 2. The lowest BCUT2D eigenvalue weighted by Gasteiger charge is -2.17. The van der Waals surface area contributed by atoms with Crippen LogP contribution in [-0.2, 0) is 6.54 Å².